The molecule has 3 heterocycles. The first-order valence-electron chi connectivity index (χ1n) is 7.93. The third kappa shape index (κ3) is 2.88. The molecular formula is C16H25N5. The van der Waals surface area contributed by atoms with Crippen LogP contribution >= 0.6 is 0 Å². The number of hydrogen-bond acceptors (Lipinski definition) is 3. The Morgan fingerprint density at radius 3 is 2.90 bits per heavy atom. The van der Waals surface area contributed by atoms with E-state index in [4.69, 9.17) is 0 Å². The highest BCUT2D eigenvalue weighted by atomic mass is 15.3. The predicted molar refractivity (Wildman–Crippen MR) is 83.1 cm³/mol. The second kappa shape index (κ2) is 6.02. The topological polar surface area (TPSA) is 47.7 Å². The number of aryl methyl sites for hydroxylation is 1. The average Bonchev–Trinajstić information content (AvgIpc) is 3.08. The van der Waals surface area contributed by atoms with E-state index in [1.165, 1.54) is 18.4 Å². The van der Waals surface area contributed by atoms with Crippen molar-refractivity contribution in [2.75, 3.05) is 7.05 Å². The van der Waals surface area contributed by atoms with Crippen LogP contribution in [0.3, 0.4) is 0 Å². The molecule has 2 aromatic heterocycles. The summed E-state index contributed by atoms with van der Waals surface area (Å²) in [6.07, 6.45) is 7.92. The fourth-order valence-corrected chi connectivity index (χ4v) is 3.28. The van der Waals surface area contributed by atoms with E-state index in [1.807, 2.05) is 7.05 Å². The number of nitrogens with zero attached hydrogens (tertiary/aromatic N) is 4. The Morgan fingerprint density at radius 1 is 1.29 bits per heavy atom. The maximum atomic E-state index is 4.38. The van der Waals surface area contributed by atoms with Gasteiger partial charge in [-0.2, -0.15) is 0 Å². The zero-order chi connectivity index (χ0) is 14.8. The van der Waals surface area contributed by atoms with Gasteiger partial charge in [0, 0.05) is 31.4 Å². The van der Waals surface area contributed by atoms with Crippen molar-refractivity contribution in [3.63, 3.8) is 0 Å². The summed E-state index contributed by atoms with van der Waals surface area (Å²) in [6.45, 7) is 6.36. The predicted octanol–water partition coefficient (Wildman–Crippen LogP) is 2.38. The molecule has 1 atom stereocenters. The van der Waals surface area contributed by atoms with Crippen LogP contribution in [0.15, 0.2) is 18.5 Å². The summed E-state index contributed by atoms with van der Waals surface area (Å²) < 4.78 is 4.51. The van der Waals surface area contributed by atoms with Gasteiger partial charge in [-0.3, -0.25) is 0 Å². The van der Waals surface area contributed by atoms with E-state index in [9.17, 15) is 0 Å². The van der Waals surface area contributed by atoms with Crippen LogP contribution in [-0.2, 0) is 19.5 Å². The number of hydrogen-bond donors (Lipinski definition) is 1. The molecule has 0 radical (unpaired) electrons. The first-order chi connectivity index (χ1) is 10.2. The number of fused-ring (bicyclic) bond motifs is 1. The molecule has 1 aliphatic rings. The van der Waals surface area contributed by atoms with Crippen molar-refractivity contribution < 1.29 is 0 Å². The molecule has 21 heavy (non-hydrogen) atoms. The van der Waals surface area contributed by atoms with Crippen LogP contribution in [0.5, 0.6) is 0 Å². The van der Waals surface area contributed by atoms with Crippen LogP contribution in [0.4, 0.5) is 0 Å². The minimum Gasteiger partial charge on any atom is -0.346 e. The molecule has 0 amide bonds. The van der Waals surface area contributed by atoms with E-state index in [0.717, 1.165) is 31.2 Å². The van der Waals surface area contributed by atoms with Gasteiger partial charge in [-0.05, 0) is 37.4 Å². The first kappa shape index (κ1) is 14.3. The molecule has 0 saturated heterocycles. The Labute approximate surface area is 126 Å². The number of nitrogens with one attached hydrogen (secondary N) is 1. The Morgan fingerprint density at radius 2 is 2.14 bits per heavy atom. The summed E-state index contributed by atoms with van der Waals surface area (Å²) in [5.74, 6) is 2.81. The van der Waals surface area contributed by atoms with Gasteiger partial charge >= 0.3 is 0 Å². The van der Waals surface area contributed by atoms with E-state index in [2.05, 4.69) is 57.0 Å². The summed E-state index contributed by atoms with van der Waals surface area (Å²) in [5, 5.41) is 12.1. The van der Waals surface area contributed by atoms with Crippen LogP contribution in [0.25, 0.3) is 0 Å². The SMILES string of the molecule is CNC(c1ccn(Cc2nnc3n2CCCC3)c1)C(C)C. The minimum atomic E-state index is 0.401. The van der Waals surface area contributed by atoms with Crippen molar-refractivity contribution in [1.29, 1.82) is 0 Å². The summed E-state index contributed by atoms with van der Waals surface area (Å²) in [5.41, 5.74) is 1.34. The van der Waals surface area contributed by atoms with E-state index < -0.39 is 0 Å². The van der Waals surface area contributed by atoms with Gasteiger partial charge in [0.15, 0.2) is 5.82 Å². The molecule has 1 aliphatic heterocycles. The van der Waals surface area contributed by atoms with Crippen LogP contribution in [-0.4, -0.2) is 26.4 Å². The zero-order valence-corrected chi connectivity index (χ0v) is 13.2. The van der Waals surface area contributed by atoms with Crippen molar-refractivity contribution in [2.24, 2.45) is 5.92 Å². The van der Waals surface area contributed by atoms with E-state index in [1.54, 1.807) is 0 Å². The maximum Gasteiger partial charge on any atom is 0.152 e. The summed E-state index contributed by atoms with van der Waals surface area (Å²) >= 11 is 0. The Kier molecular flexibility index (Phi) is 4.10. The molecule has 1 unspecified atom stereocenters. The lowest BCUT2D eigenvalue weighted by atomic mass is 9.99. The number of rotatable bonds is 5. The van der Waals surface area contributed by atoms with Gasteiger partial charge in [0.2, 0.25) is 0 Å². The molecule has 2 aromatic rings. The van der Waals surface area contributed by atoms with Gasteiger partial charge in [-0.15, -0.1) is 10.2 Å². The Bertz CT molecular complexity index is 596. The van der Waals surface area contributed by atoms with Crippen molar-refractivity contribution in [2.45, 2.75) is 52.2 Å². The van der Waals surface area contributed by atoms with Crippen LogP contribution in [0.1, 0.15) is 49.9 Å². The second-order valence-corrected chi connectivity index (χ2v) is 6.27. The van der Waals surface area contributed by atoms with Crippen molar-refractivity contribution in [1.82, 2.24) is 24.6 Å². The lowest BCUT2D eigenvalue weighted by Crippen LogP contribution is -2.21. The van der Waals surface area contributed by atoms with Gasteiger partial charge in [0.05, 0.1) is 6.54 Å². The molecule has 0 bridgehead atoms. The molecular weight excluding hydrogens is 262 g/mol. The molecule has 0 aliphatic carbocycles. The molecule has 3 rings (SSSR count). The summed E-state index contributed by atoms with van der Waals surface area (Å²) in [4.78, 5) is 0. The normalized spacial score (nSPS) is 16.2. The van der Waals surface area contributed by atoms with E-state index in [-0.39, 0.29) is 0 Å². The second-order valence-electron chi connectivity index (χ2n) is 6.27. The first-order valence-corrected chi connectivity index (χ1v) is 7.93. The van der Waals surface area contributed by atoms with Crippen molar-refractivity contribution >= 4 is 0 Å². The lowest BCUT2D eigenvalue weighted by molar-refractivity contribution is 0.442. The number of aromatic nitrogens is 4. The van der Waals surface area contributed by atoms with Gasteiger partial charge in [-0.1, -0.05) is 13.8 Å². The third-order valence-electron chi connectivity index (χ3n) is 4.37. The van der Waals surface area contributed by atoms with Crippen molar-refractivity contribution in [3.8, 4) is 0 Å². The maximum absolute atomic E-state index is 4.38. The van der Waals surface area contributed by atoms with Gasteiger partial charge in [0.25, 0.3) is 0 Å². The minimum absolute atomic E-state index is 0.401. The van der Waals surface area contributed by atoms with Gasteiger partial charge in [-0.25, -0.2) is 0 Å². The molecule has 0 saturated carbocycles. The monoisotopic (exact) mass is 287 g/mol. The lowest BCUT2D eigenvalue weighted by Gasteiger charge is -2.19. The molecule has 0 spiro atoms. The van der Waals surface area contributed by atoms with E-state index >= 15 is 0 Å². The average molecular weight is 287 g/mol. The fraction of sp³-hybridized carbons (Fsp3) is 0.625. The standard InChI is InChI=1S/C16H25N5/c1-12(2)16(17-3)13-7-9-20(10-13)11-15-19-18-14-6-4-5-8-21(14)15/h7,9-10,12,16-17H,4-6,8,11H2,1-3H3. The smallest absolute Gasteiger partial charge is 0.152 e. The zero-order valence-electron chi connectivity index (χ0n) is 13.2. The van der Waals surface area contributed by atoms with Gasteiger partial charge < -0.3 is 14.5 Å². The molecule has 114 valence electrons. The highest BCUT2D eigenvalue weighted by Gasteiger charge is 2.17. The summed E-state index contributed by atoms with van der Waals surface area (Å²) in [7, 11) is 2.02. The largest absolute Gasteiger partial charge is 0.346 e. The highest BCUT2D eigenvalue weighted by Crippen LogP contribution is 2.22. The van der Waals surface area contributed by atoms with Crippen LogP contribution < -0.4 is 5.32 Å². The fourth-order valence-electron chi connectivity index (χ4n) is 3.28. The van der Waals surface area contributed by atoms with E-state index in [0.29, 0.717) is 12.0 Å². The molecule has 0 aromatic carbocycles. The van der Waals surface area contributed by atoms with Crippen LogP contribution in [0.2, 0.25) is 0 Å². The summed E-state index contributed by atoms with van der Waals surface area (Å²) in [6, 6.07) is 2.60. The molecule has 0 fully saturated rings. The van der Waals surface area contributed by atoms with Gasteiger partial charge in [0.1, 0.15) is 5.82 Å². The highest BCUT2D eigenvalue weighted by molar-refractivity contribution is 5.17. The molecule has 5 heteroatoms. The third-order valence-corrected chi connectivity index (χ3v) is 4.37. The Balaban J connectivity index is 1.77. The quantitative estimate of drug-likeness (QED) is 0.918. The Hall–Kier alpha value is -1.62. The molecule has 1 N–H and O–H groups in total. The van der Waals surface area contributed by atoms with Crippen LogP contribution in [0, 0.1) is 5.92 Å². The van der Waals surface area contributed by atoms with Crippen molar-refractivity contribution in [3.05, 3.63) is 35.7 Å². The molecule has 5 nitrogen and oxygen atoms in total.